The number of aryl methyl sites for hydroxylation is 1. The molecule has 1 unspecified atom stereocenters. The van der Waals surface area contributed by atoms with Crippen LogP contribution in [0.2, 0.25) is 0 Å². The predicted molar refractivity (Wildman–Crippen MR) is 62.7 cm³/mol. The molecule has 0 spiro atoms. The highest BCUT2D eigenvalue weighted by Crippen LogP contribution is 2.10. The standard InChI is InChI=1S/C11H15N5O2/c1-3-5-16-10(12-7-13-16)8(2)14-11(17)9-4-6-18-15-9/h4,6-8H,3,5H2,1-2H3,(H,14,17). The molecule has 2 heterocycles. The maximum Gasteiger partial charge on any atom is 0.274 e. The Bertz CT molecular complexity index is 505. The summed E-state index contributed by atoms with van der Waals surface area (Å²) in [5.74, 6) is 0.441. The number of carbonyl (C=O) groups is 1. The quantitative estimate of drug-likeness (QED) is 0.859. The number of hydrogen-bond acceptors (Lipinski definition) is 5. The lowest BCUT2D eigenvalue weighted by Crippen LogP contribution is -2.29. The molecule has 0 radical (unpaired) electrons. The van der Waals surface area contributed by atoms with E-state index in [0.717, 1.165) is 18.8 Å². The summed E-state index contributed by atoms with van der Waals surface area (Å²) in [7, 11) is 0. The molecule has 18 heavy (non-hydrogen) atoms. The summed E-state index contributed by atoms with van der Waals surface area (Å²) in [5.41, 5.74) is 0.253. The Labute approximate surface area is 104 Å². The molecule has 0 saturated heterocycles. The minimum atomic E-state index is -0.290. The van der Waals surface area contributed by atoms with Gasteiger partial charge >= 0.3 is 0 Å². The van der Waals surface area contributed by atoms with E-state index >= 15 is 0 Å². The second kappa shape index (κ2) is 5.44. The van der Waals surface area contributed by atoms with Crippen molar-refractivity contribution >= 4 is 5.91 Å². The van der Waals surface area contributed by atoms with Gasteiger partial charge in [-0.3, -0.25) is 4.79 Å². The highest BCUT2D eigenvalue weighted by Gasteiger charge is 2.17. The fraction of sp³-hybridized carbons (Fsp3) is 0.455. The second-order valence-corrected chi connectivity index (χ2v) is 3.92. The van der Waals surface area contributed by atoms with Crippen LogP contribution in [0.25, 0.3) is 0 Å². The number of hydrogen-bond donors (Lipinski definition) is 1. The first-order chi connectivity index (χ1) is 8.72. The van der Waals surface area contributed by atoms with Gasteiger partial charge in [-0.05, 0) is 13.3 Å². The SMILES string of the molecule is CCCn1ncnc1C(C)NC(=O)c1ccon1. The number of nitrogens with zero attached hydrogens (tertiary/aromatic N) is 4. The molecule has 0 aliphatic heterocycles. The van der Waals surface area contributed by atoms with Crippen LogP contribution in [0, 0.1) is 0 Å². The van der Waals surface area contributed by atoms with Crippen molar-refractivity contribution in [1.82, 2.24) is 25.2 Å². The maximum absolute atomic E-state index is 11.8. The maximum atomic E-state index is 11.8. The lowest BCUT2D eigenvalue weighted by molar-refractivity contribution is 0.0928. The van der Waals surface area contributed by atoms with E-state index in [9.17, 15) is 4.79 Å². The third kappa shape index (κ3) is 2.55. The lowest BCUT2D eigenvalue weighted by Gasteiger charge is -2.13. The molecule has 1 atom stereocenters. The van der Waals surface area contributed by atoms with Crippen LogP contribution in [0.4, 0.5) is 0 Å². The number of rotatable bonds is 5. The van der Waals surface area contributed by atoms with Gasteiger partial charge in [-0.25, -0.2) is 9.67 Å². The van der Waals surface area contributed by atoms with Crippen molar-refractivity contribution < 1.29 is 9.32 Å². The summed E-state index contributed by atoms with van der Waals surface area (Å²) in [6.45, 7) is 4.69. The molecule has 0 aliphatic rings. The number of amides is 1. The van der Waals surface area contributed by atoms with Gasteiger partial charge in [0.25, 0.3) is 5.91 Å². The third-order valence-corrected chi connectivity index (χ3v) is 2.49. The van der Waals surface area contributed by atoms with Gasteiger partial charge in [0.2, 0.25) is 0 Å². The first-order valence-corrected chi connectivity index (χ1v) is 5.81. The minimum absolute atomic E-state index is 0.233. The average molecular weight is 249 g/mol. The largest absolute Gasteiger partial charge is 0.364 e. The Morgan fingerprint density at radius 3 is 3.11 bits per heavy atom. The summed E-state index contributed by atoms with van der Waals surface area (Å²) in [4.78, 5) is 16.0. The fourth-order valence-electron chi connectivity index (χ4n) is 1.66. The van der Waals surface area contributed by atoms with E-state index in [-0.39, 0.29) is 17.6 Å². The molecule has 0 aromatic carbocycles. The number of nitrogens with one attached hydrogen (secondary N) is 1. The topological polar surface area (TPSA) is 85.8 Å². The van der Waals surface area contributed by atoms with E-state index in [4.69, 9.17) is 0 Å². The highest BCUT2D eigenvalue weighted by atomic mass is 16.5. The Morgan fingerprint density at radius 1 is 1.61 bits per heavy atom. The Morgan fingerprint density at radius 2 is 2.44 bits per heavy atom. The van der Waals surface area contributed by atoms with E-state index in [0.29, 0.717) is 0 Å². The van der Waals surface area contributed by atoms with Crippen molar-refractivity contribution in [2.45, 2.75) is 32.9 Å². The lowest BCUT2D eigenvalue weighted by atomic mass is 10.3. The first-order valence-electron chi connectivity index (χ1n) is 5.81. The number of aromatic nitrogens is 4. The van der Waals surface area contributed by atoms with Crippen molar-refractivity contribution in [2.75, 3.05) is 0 Å². The molecule has 2 aromatic rings. The van der Waals surface area contributed by atoms with E-state index in [1.165, 1.54) is 18.7 Å². The predicted octanol–water partition coefficient (Wildman–Crippen LogP) is 1.17. The van der Waals surface area contributed by atoms with Gasteiger partial charge < -0.3 is 9.84 Å². The molecule has 0 fully saturated rings. The highest BCUT2D eigenvalue weighted by molar-refractivity contribution is 5.92. The molecule has 0 bridgehead atoms. The monoisotopic (exact) mass is 249 g/mol. The van der Waals surface area contributed by atoms with E-state index in [1.54, 1.807) is 4.68 Å². The zero-order valence-corrected chi connectivity index (χ0v) is 10.3. The molecule has 2 rings (SSSR count). The molecule has 0 saturated carbocycles. The van der Waals surface area contributed by atoms with Crippen LogP contribution >= 0.6 is 0 Å². The van der Waals surface area contributed by atoms with Crippen LogP contribution < -0.4 is 5.32 Å². The van der Waals surface area contributed by atoms with E-state index in [1.807, 2.05) is 6.92 Å². The van der Waals surface area contributed by atoms with Crippen molar-refractivity contribution in [3.05, 3.63) is 30.2 Å². The Balaban J connectivity index is 2.05. The summed E-state index contributed by atoms with van der Waals surface area (Å²) in [6, 6.07) is 1.28. The Hall–Kier alpha value is -2.18. The summed E-state index contributed by atoms with van der Waals surface area (Å²) in [6.07, 6.45) is 3.81. The van der Waals surface area contributed by atoms with Crippen LogP contribution in [0.15, 0.2) is 23.2 Å². The molecule has 0 aliphatic carbocycles. The fourth-order valence-corrected chi connectivity index (χ4v) is 1.66. The smallest absolute Gasteiger partial charge is 0.274 e. The van der Waals surface area contributed by atoms with Crippen molar-refractivity contribution in [3.63, 3.8) is 0 Å². The zero-order valence-electron chi connectivity index (χ0n) is 10.3. The van der Waals surface area contributed by atoms with Gasteiger partial charge in [-0.2, -0.15) is 5.10 Å². The molecular weight excluding hydrogens is 234 g/mol. The van der Waals surface area contributed by atoms with Gasteiger partial charge in [-0.15, -0.1) is 0 Å². The average Bonchev–Trinajstić information content (AvgIpc) is 3.00. The number of carbonyl (C=O) groups excluding carboxylic acids is 1. The normalized spacial score (nSPS) is 12.3. The summed E-state index contributed by atoms with van der Waals surface area (Å²) < 4.78 is 6.41. The van der Waals surface area contributed by atoms with Gasteiger partial charge in [0.15, 0.2) is 5.69 Å². The van der Waals surface area contributed by atoms with Crippen molar-refractivity contribution in [2.24, 2.45) is 0 Å². The van der Waals surface area contributed by atoms with Crippen LogP contribution in [0.5, 0.6) is 0 Å². The molecule has 1 N–H and O–H groups in total. The first kappa shape index (κ1) is 12.3. The van der Waals surface area contributed by atoms with E-state index < -0.39 is 0 Å². The molecule has 2 aromatic heterocycles. The minimum Gasteiger partial charge on any atom is -0.364 e. The summed E-state index contributed by atoms with van der Waals surface area (Å²) >= 11 is 0. The van der Waals surface area contributed by atoms with Crippen LogP contribution in [-0.2, 0) is 6.54 Å². The molecular formula is C11H15N5O2. The van der Waals surface area contributed by atoms with Crippen molar-refractivity contribution in [3.8, 4) is 0 Å². The van der Waals surface area contributed by atoms with Crippen molar-refractivity contribution in [1.29, 1.82) is 0 Å². The molecule has 96 valence electrons. The van der Waals surface area contributed by atoms with Gasteiger partial charge in [0.05, 0.1) is 6.04 Å². The van der Waals surface area contributed by atoms with Gasteiger partial charge in [0.1, 0.15) is 18.4 Å². The van der Waals surface area contributed by atoms with Crippen LogP contribution in [-0.4, -0.2) is 25.8 Å². The third-order valence-electron chi connectivity index (χ3n) is 2.49. The van der Waals surface area contributed by atoms with Gasteiger partial charge in [-0.1, -0.05) is 12.1 Å². The molecule has 7 nitrogen and oxygen atoms in total. The molecule has 7 heteroatoms. The second-order valence-electron chi connectivity index (χ2n) is 3.92. The van der Waals surface area contributed by atoms with E-state index in [2.05, 4.69) is 32.0 Å². The Kier molecular flexibility index (Phi) is 3.71. The zero-order chi connectivity index (χ0) is 13.0. The summed E-state index contributed by atoms with van der Waals surface area (Å²) in [5, 5.41) is 10.5. The molecule has 1 amide bonds. The van der Waals surface area contributed by atoms with Gasteiger partial charge in [0, 0.05) is 12.6 Å². The van der Waals surface area contributed by atoms with Crippen LogP contribution in [0.3, 0.4) is 0 Å². The van der Waals surface area contributed by atoms with Crippen LogP contribution in [0.1, 0.15) is 42.6 Å².